The summed E-state index contributed by atoms with van der Waals surface area (Å²) in [6, 6.07) is 8.41. The molecule has 24 heavy (non-hydrogen) atoms. The van der Waals surface area contributed by atoms with Crippen molar-refractivity contribution >= 4 is 35.2 Å². The van der Waals surface area contributed by atoms with E-state index >= 15 is 0 Å². The van der Waals surface area contributed by atoms with Gasteiger partial charge in [-0.25, -0.2) is 14.2 Å². The number of hydrogen-bond acceptors (Lipinski definition) is 5. The third kappa shape index (κ3) is 4.39. The third-order valence-electron chi connectivity index (χ3n) is 2.93. The number of pyridine rings is 1. The number of rotatable bonds is 5. The summed E-state index contributed by atoms with van der Waals surface area (Å²) in [7, 11) is 0. The van der Waals surface area contributed by atoms with Crippen molar-refractivity contribution in [2.75, 3.05) is 6.61 Å². The van der Waals surface area contributed by atoms with Crippen molar-refractivity contribution in [3.63, 3.8) is 0 Å². The highest BCUT2D eigenvalue weighted by Crippen LogP contribution is 2.23. The Labute approximate surface area is 143 Å². The first-order chi connectivity index (χ1) is 11.5. The topological polar surface area (TPSA) is 71.8 Å². The molecule has 1 aromatic carbocycles. The van der Waals surface area contributed by atoms with Gasteiger partial charge in [0, 0.05) is 12.4 Å². The quantitative estimate of drug-likeness (QED) is 0.290. The van der Waals surface area contributed by atoms with Gasteiger partial charge in [0.1, 0.15) is 22.3 Å². The Kier molecular flexibility index (Phi) is 6.03. The summed E-state index contributed by atoms with van der Waals surface area (Å²) in [5.41, 5.74) is 0.395. The van der Waals surface area contributed by atoms with Crippen molar-refractivity contribution in [2.24, 2.45) is 4.99 Å². The molecule has 1 heterocycles. The van der Waals surface area contributed by atoms with E-state index in [0.717, 1.165) is 6.21 Å². The number of nitrogens with zero attached hydrogens (tertiary/aromatic N) is 2. The molecule has 0 saturated heterocycles. The Morgan fingerprint density at radius 3 is 2.71 bits per heavy atom. The minimum Gasteiger partial charge on any atom is -0.506 e. The number of esters is 1. The Balaban J connectivity index is 2.44. The molecule has 0 atom stereocenters. The molecule has 0 aliphatic rings. The maximum Gasteiger partial charge on any atom is 0.343 e. The average molecular weight is 349 g/mol. The van der Waals surface area contributed by atoms with E-state index in [0.29, 0.717) is 5.69 Å². The lowest BCUT2D eigenvalue weighted by Crippen LogP contribution is -2.11. The van der Waals surface area contributed by atoms with Crippen LogP contribution in [0.1, 0.15) is 12.5 Å². The van der Waals surface area contributed by atoms with Gasteiger partial charge in [0.15, 0.2) is 0 Å². The molecule has 1 aromatic heterocycles. The largest absolute Gasteiger partial charge is 0.506 e. The lowest BCUT2D eigenvalue weighted by Gasteiger charge is -2.07. The van der Waals surface area contributed by atoms with Crippen molar-refractivity contribution in [1.82, 2.24) is 4.98 Å². The first kappa shape index (κ1) is 17.6. The smallest absolute Gasteiger partial charge is 0.343 e. The van der Waals surface area contributed by atoms with Crippen LogP contribution >= 0.6 is 11.6 Å². The van der Waals surface area contributed by atoms with E-state index in [4.69, 9.17) is 16.3 Å². The number of aliphatic hydroxyl groups excluding tert-OH is 1. The number of halogens is 2. The number of aliphatic hydroxyl groups is 1. The zero-order valence-electron chi connectivity index (χ0n) is 12.7. The van der Waals surface area contributed by atoms with Gasteiger partial charge >= 0.3 is 5.97 Å². The molecule has 0 saturated carbocycles. The Bertz CT molecular complexity index is 789. The molecular formula is C17H14ClFN2O3. The van der Waals surface area contributed by atoms with Crippen LogP contribution in [0.15, 0.2) is 53.2 Å². The number of hydrogen-bond donors (Lipinski definition) is 1. The molecule has 0 spiro atoms. The van der Waals surface area contributed by atoms with Gasteiger partial charge < -0.3 is 9.84 Å². The van der Waals surface area contributed by atoms with E-state index in [1.165, 1.54) is 36.5 Å². The molecule has 0 bridgehead atoms. The molecule has 5 nitrogen and oxygen atoms in total. The minimum atomic E-state index is -0.763. The first-order valence-corrected chi connectivity index (χ1v) is 7.41. The minimum absolute atomic E-state index is 0.0342. The van der Waals surface area contributed by atoms with Gasteiger partial charge in [-0.1, -0.05) is 11.6 Å². The summed E-state index contributed by atoms with van der Waals surface area (Å²) in [5.74, 6) is -1.57. The number of aliphatic imine (C=N–C) groups is 1. The van der Waals surface area contributed by atoms with Crippen LogP contribution < -0.4 is 0 Å². The van der Waals surface area contributed by atoms with Crippen LogP contribution in [0.5, 0.6) is 0 Å². The highest BCUT2D eigenvalue weighted by molar-refractivity contribution is 6.31. The second-order valence-electron chi connectivity index (χ2n) is 4.56. The van der Waals surface area contributed by atoms with Crippen LogP contribution in [0, 0.1) is 5.82 Å². The molecule has 0 radical (unpaired) electrons. The van der Waals surface area contributed by atoms with Gasteiger partial charge in [0.25, 0.3) is 0 Å². The maximum absolute atomic E-state index is 12.9. The molecule has 124 valence electrons. The zero-order valence-corrected chi connectivity index (χ0v) is 13.5. The van der Waals surface area contributed by atoms with E-state index in [1.54, 1.807) is 13.0 Å². The fourth-order valence-electron chi connectivity index (χ4n) is 1.79. The molecule has 2 aromatic rings. The van der Waals surface area contributed by atoms with E-state index < -0.39 is 17.5 Å². The van der Waals surface area contributed by atoms with Crippen LogP contribution in [0.25, 0.3) is 5.76 Å². The van der Waals surface area contributed by atoms with E-state index in [-0.39, 0.29) is 22.9 Å². The molecule has 0 aliphatic carbocycles. The van der Waals surface area contributed by atoms with Gasteiger partial charge in [0.2, 0.25) is 0 Å². The van der Waals surface area contributed by atoms with E-state index in [2.05, 4.69) is 9.98 Å². The summed E-state index contributed by atoms with van der Waals surface area (Å²) in [6.07, 6.45) is 2.60. The van der Waals surface area contributed by atoms with E-state index in [9.17, 15) is 14.3 Å². The van der Waals surface area contributed by atoms with Crippen molar-refractivity contribution in [2.45, 2.75) is 6.92 Å². The molecule has 0 aliphatic heterocycles. The average Bonchev–Trinajstić information content (AvgIpc) is 2.57. The van der Waals surface area contributed by atoms with Gasteiger partial charge in [-0.3, -0.25) is 4.99 Å². The van der Waals surface area contributed by atoms with Gasteiger partial charge in [-0.15, -0.1) is 0 Å². The summed E-state index contributed by atoms with van der Waals surface area (Å²) >= 11 is 5.94. The number of carbonyl (C=O) groups is 1. The van der Waals surface area contributed by atoms with E-state index in [1.807, 2.05) is 0 Å². The Morgan fingerprint density at radius 2 is 2.08 bits per heavy atom. The lowest BCUT2D eigenvalue weighted by molar-refractivity contribution is -0.137. The van der Waals surface area contributed by atoms with Crippen LogP contribution in [0.2, 0.25) is 5.15 Å². The molecular weight excluding hydrogens is 335 g/mol. The zero-order chi connectivity index (χ0) is 17.5. The van der Waals surface area contributed by atoms with Crippen molar-refractivity contribution < 1.29 is 19.0 Å². The highest BCUT2D eigenvalue weighted by Gasteiger charge is 2.18. The monoisotopic (exact) mass is 348 g/mol. The Morgan fingerprint density at radius 1 is 1.38 bits per heavy atom. The van der Waals surface area contributed by atoms with Crippen molar-refractivity contribution in [3.05, 3.63) is 64.7 Å². The van der Waals surface area contributed by atoms with Crippen LogP contribution in [0.4, 0.5) is 10.1 Å². The summed E-state index contributed by atoms with van der Waals surface area (Å²) in [6.45, 7) is 1.77. The predicted octanol–water partition coefficient (Wildman–Crippen LogP) is 4.11. The molecule has 7 heteroatoms. The molecule has 0 unspecified atom stereocenters. The van der Waals surface area contributed by atoms with Crippen LogP contribution in [-0.2, 0) is 9.53 Å². The number of aromatic nitrogens is 1. The summed E-state index contributed by atoms with van der Waals surface area (Å²) < 4.78 is 17.8. The van der Waals surface area contributed by atoms with Gasteiger partial charge in [-0.05, 0) is 43.3 Å². The molecule has 2 rings (SSSR count). The standard InChI is InChI=1S/C17H14ClFN2O3/c1-2-24-17(23)14(10-21-12-7-5-11(19)6-8-12)15(22)13-4-3-9-20-16(13)18/h3-10,22H,2H2,1H3/b15-14+,21-10?. The molecule has 0 fully saturated rings. The normalized spacial score (nSPS) is 12.1. The van der Waals surface area contributed by atoms with Crippen LogP contribution in [0.3, 0.4) is 0 Å². The molecule has 0 amide bonds. The number of carbonyl (C=O) groups excluding carboxylic acids is 1. The van der Waals surface area contributed by atoms with Gasteiger partial charge in [0.05, 0.1) is 17.9 Å². The maximum atomic E-state index is 12.9. The number of benzene rings is 1. The van der Waals surface area contributed by atoms with Gasteiger partial charge in [-0.2, -0.15) is 0 Å². The van der Waals surface area contributed by atoms with Crippen LogP contribution in [-0.4, -0.2) is 28.9 Å². The fourth-order valence-corrected chi connectivity index (χ4v) is 2.00. The second-order valence-corrected chi connectivity index (χ2v) is 4.92. The second kappa shape index (κ2) is 8.21. The predicted molar refractivity (Wildman–Crippen MR) is 90.0 cm³/mol. The number of ether oxygens (including phenoxy) is 1. The van der Waals surface area contributed by atoms with Crippen molar-refractivity contribution in [1.29, 1.82) is 0 Å². The first-order valence-electron chi connectivity index (χ1n) is 7.03. The summed E-state index contributed by atoms with van der Waals surface area (Å²) in [5, 5.41) is 10.4. The SMILES string of the molecule is CCOC(=O)/C(C=Nc1ccc(F)cc1)=C(/O)c1cccnc1Cl. The fraction of sp³-hybridized carbons (Fsp3) is 0.118. The Hall–Kier alpha value is -2.73. The molecule has 1 N–H and O–H groups in total. The lowest BCUT2D eigenvalue weighted by atomic mass is 10.1. The highest BCUT2D eigenvalue weighted by atomic mass is 35.5. The summed E-state index contributed by atoms with van der Waals surface area (Å²) in [4.78, 5) is 20.0. The van der Waals surface area contributed by atoms with Crippen molar-refractivity contribution in [3.8, 4) is 0 Å². The third-order valence-corrected chi connectivity index (χ3v) is 3.24.